The van der Waals surface area contributed by atoms with Gasteiger partial charge in [-0.25, -0.2) is 4.98 Å². The highest BCUT2D eigenvalue weighted by molar-refractivity contribution is 6.31. The van der Waals surface area contributed by atoms with E-state index >= 15 is 0 Å². The summed E-state index contributed by atoms with van der Waals surface area (Å²) in [4.78, 5) is 8.94. The Morgan fingerprint density at radius 2 is 1.78 bits per heavy atom. The topological polar surface area (TPSA) is 59.1 Å². The van der Waals surface area contributed by atoms with Gasteiger partial charge in [0.05, 0.1) is 12.8 Å². The third-order valence-electron chi connectivity index (χ3n) is 3.08. The first-order valence-electron chi connectivity index (χ1n) is 7.43. The number of ether oxygens (including phenoxy) is 1. The Labute approximate surface area is 142 Å². The van der Waals surface area contributed by atoms with E-state index in [1.807, 2.05) is 26.0 Å². The summed E-state index contributed by atoms with van der Waals surface area (Å²) >= 11 is 6.15. The number of hydrogen-bond donors (Lipinski definition) is 2. The summed E-state index contributed by atoms with van der Waals surface area (Å²) in [6, 6.07) is 5.62. The van der Waals surface area contributed by atoms with E-state index in [9.17, 15) is 0 Å². The molecule has 1 aromatic heterocycles. The number of aromatic nitrogens is 2. The molecule has 0 aliphatic carbocycles. The predicted octanol–water partition coefficient (Wildman–Crippen LogP) is 4.71. The Morgan fingerprint density at radius 3 is 2.39 bits per heavy atom. The molecule has 1 aromatic carbocycles. The van der Waals surface area contributed by atoms with E-state index in [1.165, 1.54) is 0 Å². The molecular formula is C17H23ClN4O. The summed E-state index contributed by atoms with van der Waals surface area (Å²) in [5.41, 5.74) is 2.54. The van der Waals surface area contributed by atoms with Gasteiger partial charge in [-0.3, -0.25) is 0 Å². The molecule has 0 amide bonds. The van der Waals surface area contributed by atoms with Crippen LogP contribution in [0.1, 0.15) is 32.0 Å². The number of aryl methyl sites for hydroxylation is 2. The van der Waals surface area contributed by atoms with Crippen molar-refractivity contribution in [1.29, 1.82) is 0 Å². The fourth-order valence-electron chi connectivity index (χ4n) is 2.09. The van der Waals surface area contributed by atoms with Crippen LogP contribution in [0.2, 0.25) is 5.02 Å². The zero-order valence-corrected chi connectivity index (χ0v) is 15.2. The maximum absolute atomic E-state index is 6.15. The van der Waals surface area contributed by atoms with Crippen LogP contribution >= 0.6 is 11.6 Å². The van der Waals surface area contributed by atoms with Crippen molar-refractivity contribution in [3.8, 4) is 5.75 Å². The van der Waals surface area contributed by atoms with Gasteiger partial charge in [-0.1, -0.05) is 11.6 Å². The highest BCUT2D eigenvalue weighted by Crippen LogP contribution is 2.33. The van der Waals surface area contributed by atoms with Crippen molar-refractivity contribution in [2.45, 2.75) is 40.2 Å². The number of methoxy groups -OCH3 is 1. The molecule has 0 atom stereocenters. The molecule has 23 heavy (non-hydrogen) atoms. The quantitative estimate of drug-likeness (QED) is 0.848. The van der Waals surface area contributed by atoms with Crippen molar-refractivity contribution in [3.63, 3.8) is 0 Å². The molecule has 2 rings (SSSR count). The minimum atomic E-state index is -0.111. The van der Waals surface area contributed by atoms with E-state index in [0.717, 1.165) is 16.9 Å². The van der Waals surface area contributed by atoms with Crippen LogP contribution in [0.5, 0.6) is 5.75 Å². The van der Waals surface area contributed by atoms with Crippen molar-refractivity contribution in [2.24, 2.45) is 0 Å². The smallest absolute Gasteiger partial charge is 0.225 e. The fourth-order valence-corrected chi connectivity index (χ4v) is 2.25. The molecule has 0 bridgehead atoms. The van der Waals surface area contributed by atoms with Gasteiger partial charge in [0.2, 0.25) is 5.95 Å². The largest absolute Gasteiger partial charge is 0.495 e. The Hall–Kier alpha value is -2.01. The zero-order valence-electron chi connectivity index (χ0n) is 14.4. The number of hydrogen-bond acceptors (Lipinski definition) is 5. The summed E-state index contributed by atoms with van der Waals surface area (Å²) in [5.74, 6) is 1.95. The second-order valence-corrected chi connectivity index (χ2v) is 6.93. The molecule has 6 heteroatoms. The molecule has 2 N–H and O–H groups in total. The van der Waals surface area contributed by atoms with E-state index in [0.29, 0.717) is 22.5 Å². The highest BCUT2D eigenvalue weighted by Gasteiger charge is 2.13. The first kappa shape index (κ1) is 17.3. The first-order chi connectivity index (χ1) is 10.7. The SMILES string of the molecule is COc1cc(Cl)c(C)cc1Nc1cc(C)nc(NC(C)(C)C)n1. The van der Waals surface area contributed by atoms with Crippen LogP contribution < -0.4 is 15.4 Å². The van der Waals surface area contributed by atoms with Crippen molar-refractivity contribution < 1.29 is 4.74 Å². The molecule has 0 saturated heterocycles. The van der Waals surface area contributed by atoms with Crippen molar-refractivity contribution in [2.75, 3.05) is 17.7 Å². The van der Waals surface area contributed by atoms with Gasteiger partial charge in [0, 0.05) is 28.4 Å². The molecule has 5 nitrogen and oxygen atoms in total. The number of rotatable bonds is 4. The van der Waals surface area contributed by atoms with E-state index in [2.05, 4.69) is 41.4 Å². The number of halogens is 1. The summed E-state index contributed by atoms with van der Waals surface area (Å²) in [6.07, 6.45) is 0. The maximum atomic E-state index is 6.15. The first-order valence-corrected chi connectivity index (χ1v) is 7.81. The van der Waals surface area contributed by atoms with Gasteiger partial charge < -0.3 is 15.4 Å². The van der Waals surface area contributed by atoms with Crippen molar-refractivity contribution >= 4 is 29.1 Å². The lowest BCUT2D eigenvalue weighted by Crippen LogP contribution is -2.27. The molecule has 0 unspecified atom stereocenters. The molecule has 1 heterocycles. The Balaban J connectivity index is 2.35. The van der Waals surface area contributed by atoms with Crippen molar-refractivity contribution in [1.82, 2.24) is 9.97 Å². The van der Waals surface area contributed by atoms with Crippen LogP contribution in [0.25, 0.3) is 0 Å². The zero-order chi connectivity index (χ0) is 17.2. The summed E-state index contributed by atoms with van der Waals surface area (Å²) < 4.78 is 5.39. The highest BCUT2D eigenvalue weighted by atomic mass is 35.5. The monoisotopic (exact) mass is 334 g/mol. The van der Waals surface area contributed by atoms with Crippen LogP contribution in [0, 0.1) is 13.8 Å². The van der Waals surface area contributed by atoms with Gasteiger partial charge in [0.1, 0.15) is 11.6 Å². The molecule has 124 valence electrons. The standard InChI is InChI=1S/C17H23ClN4O/c1-10-7-13(14(23-6)9-12(10)18)20-15-8-11(2)19-16(21-15)22-17(3,4)5/h7-9H,1-6H3,(H2,19,20,21,22). The molecular weight excluding hydrogens is 312 g/mol. The van der Waals surface area contributed by atoms with Crippen LogP contribution in [-0.4, -0.2) is 22.6 Å². The Bertz CT molecular complexity index is 710. The second kappa shape index (κ2) is 6.62. The third-order valence-corrected chi connectivity index (χ3v) is 3.49. The maximum Gasteiger partial charge on any atom is 0.225 e. The van der Waals surface area contributed by atoms with Gasteiger partial charge in [-0.05, 0) is 46.2 Å². The fraction of sp³-hybridized carbons (Fsp3) is 0.412. The van der Waals surface area contributed by atoms with Gasteiger partial charge in [-0.2, -0.15) is 4.98 Å². The summed E-state index contributed by atoms with van der Waals surface area (Å²) in [5, 5.41) is 7.23. The van der Waals surface area contributed by atoms with E-state index in [1.54, 1.807) is 13.2 Å². The average molecular weight is 335 g/mol. The normalized spacial score (nSPS) is 11.3. The number of nitrogens with one attached hydrogen (secondary N) is 2. The van der Waals surface area contributed by atoms with E-state index in [4.69, 9.17) is 16.3 Å². The molecule has 0 saturated carbocycles. The molecule has 2 aromatic rings. The van der Waals surface area contributed by atoms with Gasteiger partial charge in [0.25, 0.3) is 0 Å². The summed E-state index contributed by atoms with van der Waals surface area (Å²) in [7, 11) is 1.62. The van der Waals surface area contributed by atoms with E-state index < -0.39 is 0 Å². The van der Waals surface area contributed by atoms with Crippen molar-refractivity contribution in [3.05, 3.63) is 34.5 Å². The lowest BCUT2D eigenvalue weighted by Gasteiger charge is -2.21. The van der Waals surface area contributed by atoms with Crippen LogP contribution in [0.4, 0.5) is 17.5 Å². The molecule has 0 aliphatic rings. The molecule has 0 spiro atoms. The minimum Gasteiger partial charge on any atom is -0.495 e. The van der Waals surface area contributed by atoms with Gasteiger partial charge in [-0.15, -0.1) is 0 Å². The van der Waals surface area contributed by atoms with Gasteiger partial charge >= 0.3 is 0 Å². The van der Waals surface area contributed by atoms with E-state index in [-0.39, 0.29) is 5.54 Å². The number of benzene rings is 1. The molecule has 0 aliphatic heterocycles. The number of anilines is 3. The predicted molar refractivity (Wildman–Crippen MR) is 96.2 cm³/mol. The Kier molecular flexibility index (Phi) is 5.00. The summed E-state index contributed by atoms with van der Waals surface area (Å²) in [6.45, 7) is 10.1. The second-order valence-electron chi connectivity index (χ2n) is 6.52. The third kappa shape index (κ3) is 4.73. The van der Waals surface area contributed by atoms with Crippen LogP contribution in [0.3, 0.4) is 0 Å². The molecule has 0 radical (unpaired) electrons. The average Bonchev–Trinajstić information content (AvgIpc) is 2.40. The number of nitrogens with zero attached hydrogens (tertiary/aromatic N) is 2. The van der Waals surface area contributed by atoms with Crippen LogP contribution in [0.15, 0.2) is 18.2 Å². The minimum absolute atomic E-state index is 0.111. The lowest BCUT2D eigenvalue weighted by atomic mass is 10.1. The molecule has 0 fully saturated rings. The Morgan fingerprint density at radius 1 is 1.09 bits per heavy atom. The lowest BCUT2D eigenvalue weighted by molar-refractivity contribution is 0.416. The van der Waals surface area contributed by atoms with Crippen LogP contribution in [-0.2, 0) is 0 Å². The van der Waals surface area contributed by atoms with Gasteiger partial charge in [0.15, 0.2) is 0 Å².